The highest BCUT2D eigenvalue weighted by molar-refractivity contribution is 5.55. The summed E-state index contributed by atoms with van der Waals surface area (Å²) in [4.78, 5) is 6.86. The number of rotatable bonds is 6. The van der Waals surface area contributed by atoms with Crippen molar-refractivity contribution >= 4 is 0 Å². The van der Waals surface area contributed by atoms with E-state index < -0.39 is 0 Å². The average molecular weight is 407 g/mol. The number of ether oxygens (including phenoxy) is 3. The summed E-state index contributed by atoms with van der Waals surface area (Å²) in [5.41, 5.74) is 2.04. The Kier molecular flexibility index (Phi) is 5.48. The van der Waals surface area contributed by atoms with Crippen molar-refractivity contribution in [1.82, 2.24) is 15.0 Å². The second-order valence-corrected chi connectivity index (χ2v) is 7.69. The minimum absolute atomic E-state index is 0.360. The Morgan fingerprint density at radius 1 is 0.933 bits per heavy atom. The Morgan fingerprint density at radius 3 is 2.40 bits per heavy atom. The molecule has 2 fully saturated rings. The van der Waals surface area contributed by atoms with Gasteiger partial charge in [0.25, 0.3) is 0 Å². The molecular formula is C23H25N3O4. The van der Waals surface area contributed by atoms with Crippen molar-refractivity contribution in [2.24, 2.45) is 0 Å². The Hall–Kier alpha value is -2.74. The van der Waals surface area contributed by atoms with Crippen molar-refractivity contribution in [3.8, 4) is 17.1 Å². The second kappa shape index (κ2) is 8.55. The largest absolute Gasteiger partial charge is 0.489 e. The first-order valence-electron chi connectivity index (χ1n) is 10.4. The highest BCUT2D eigenvalue weighted by Crippen LogP contribution is 2.31. The Labute approximate surface area is 175 Å². The van der Waals surface area contributed by atoms with Gasteiger partial charge in [0.05, 0.1) is 19.8 Å². The predicted octanol–water partition coefficient (Wildman–Crippen LogP) is 3.65. The van der Waals surface area contributed by atoms with E-state index in [0.717, 1.165) is 42.8 Å². The van der Waals surface area contributed by atoms with Gasteiger partial charge in [0.15, 0.2) is 5.79 Å². The van der Waals surface area contributed by atoms with Crippen LogP contribution in [0.1, 0.15) is 24.3 Å². The molecule has 1 aromatic heterocycles. The Balaban J connectivity index is 1.15. The molecular weight excluding hydrogens is 382 g/mol. The first-order valence-corrected chi connectivity index (χ1v) is 10.4. The zero-order valence-corrected chi connectivity index (χ0v) is 16.8. The van der Waals surface area contributed by atoms with Crippen molar-refractivity contribution in [2.75, 3.05) is 26.3 Å². The lowest BCUT2D eigenvalue weighted by molar-refractivity contribution is -0.186. The molecule has 0 saturated carbocycles. The van der Waals surface area contributed by atoms with E-state index in [0.29, 0.717) is 38.1 Å². The van der Waals surface area contributed by atoms with Gasteiger partial charge in [0.2, 0.25) is 11.7 Å². The molecule has 0 radical (unpaired) electrons. The van der Waals surface area contributed by atoms with Crippen LogP contribution in [0.3, 0.4) is 0 Å². The minimum Gasteiger partial charge on any atom is -0.489 e. The van der Waals surface area contributed by atoms with E-state index >= 15 is 0 Å². The molecule has 3 aromatic rings. The number of hydrogen-bond donors (Lipinski definition) is 0. The summed E-state index contributed by atoms with van der Waals surface area (Å²) < 4.78 is 22.9. The molecule has 0 N–H and O–H groups in total. The number of nitrogens with zero attached hydrogens (tertiary/aromatic N) is 3. The summed E-state index contributed by atoms with van der Waals surface area (Å²) in [6, 6.07) is 17.9. The van der Waals surface area contributed by atoms with E-state index in [2.05, 4.69) is 15.0 Å². The van der Waals surface area contributed by atoms with Gasteiger partial charge in [-0.25, -0.2) is 0 Å². The van der Waals surface area contributed by atoms with E-state index in [1.807, 2.05) is 54.6 Å². The van der Waals surface area contributed by atoms with Gasteiger partial charge in [-0.15, -0.1) is 0 Å². The number of aromatic nitrogens is 2. The molecule has 0 amide bonds. The molecule has 0 unspecified atom stereocenters. The maximum absolute atomic E-state index is 5.84. The first-order chi connectivity index (χ1) is 14.8. The van der Waals surface area contributed by atoms with Crippen molar-refractivity contribution in [3.63, 3.8) is 0 Å². The van der Waals surface area contributed by atoms with Gasteiger partial charge >= 0.3 is 0 Å². The molecule has 2 aliphatic heterocycles. The number of hydrogen-bond acceptors (Lipinski definition) is 7. The fraction of sp³-hybridized carbons (Fsp3) is 0.391. The predicted molar refractivity (Wildman–Crippen MR) is 110 cm³/mol. The standard InChI is InChI=1S/C23H25N3O4/c1-2-4-18(5-3-1)17-27-20-8-6-19(7-9-20)22-24-21(30-25-22)16-26-12-10-23(11-13-26)28-14-15-29-23/h1-9H,10-17H2. The van der Waals surface area contributed by atoms with Crippen LogP contribution >= 0.6 is 0 Å². The molecule has 0 bridgehead atoms. The van der Waals surface area contributed by atoms with Crippen molar-refractivity contribution in [3.05, 3.63) is 66.1 Å². The molecule has 2 saturated heterocycles. The van der Waals surface area contributed by atoms with Gasteiger partial charge in [-0.2, -0.15) is 4.98 Å². The molecule has 3 heterocycles. The quantitative estimate of drug-likeness (QED) is 0.618. The second-order valence-electron chi connectivity index (χ2n) is 7.69. The number of piperidine rings is 1. The van der Waals surface area contributed by atoms with Crippen molar-refractivity contribution in [1.29, 1.82) is 0 Å². The third kappa shape index (κ3) is 4.38. The lowest BCUT2D eigenvalue weighted by atomic mass is 10.0. The van der Waals surface area contributed by atoms with E-state index in [1.165, 1.54) is 0 Å². The van der Waals surface area contributed by atoms with Crippen LogP contribution in [-0.2, 0) is 22.6 Å². The highest BCUT2D eigenvalue weighted by Gasteiger charge is 2.39. The first kappa shape index (κ1) is 19.2. The lowest BCUT2D eigenvalue weighted by Crippen LogP contribution is -2.44. The van der Waals surface area contributed by atoms with Gasteiger partial charge in [-0.05, 0) is 29.8 Å². The van der Waals surface area contributed by atoms with Gasteiger partial charge in [-0.3, -0.25) is 4.90 Å². The molecule has 0 atom stereocenters. The van der Waals surface area contributed by atoms with Crippen LogP contribution in [0.5, 0.6) is 5.75 Å². The summed E-state index contributed by atoms with van der Waals surface area (Å²) >= 11 is 0. The van der Waals surface area contributed by atoms with Gasteiger partial charge in [0.1, 0.15) is 12.4 Å². The Morgan fingerprint density at radius 2 is 1.67 bits per heavy atom. The fourth-order valence-electron chi connectivity index (χ4n) is 3.91. The molecule has 5 rings (SSSR count). The zero-order chi connectivity index (χ0) is 20.2. The van der Waals surface area contributed by atoms with Crippen LogP contribution in [0.4, 0.5) is 0 Å². The molecule has 7 nitrogen and oxygen atoms in total. The molecule has 1 spiro atoms. The van der Waals surface area contributed by atoms with Crippen molar-refractivity contribution in [2.45, 2.75) is 31.8 Å². The summed E-state index contributed by atoms with van der Waals surface area (Å²) in [7, 11) is 0. The van der Waals surface area contributed by atoms with Crippen molar-refractivity contribution < 1.29 is 18.7 Å². The number of benzene rings is 2. The molecule has 7 heteroatoms. The van der Waals surface area contributed by atoms with Crippen LogP contribution in [0.25, 0.3) is 11.4 Å². The van der Waals surface area contributed by atoms with Gasteiger partial charge < -0.3 is 18.7 Å². The van der Waals surface area contributed by atoms with Gasteiger partial charge in [-0.1, -0.05) is 35.5 Å². The maximum atomic E-state index is 5.84. The fourth-order valence-corrected chi connectivity index (χ4v) is 3.91. The monoisotopic (exact) mass is 407 g/mol. The van der Waals surface area contributed by atoms with Crippen LogP contribution < -0.4 is 4.74 Å². The smallest absolute Gasteiger partial charge is 0.241 e. The van der Waals surface area contributed by atoms with Crippen LogP contribution in [0.15, 0.2) is 59.1 Å². The topological polar surface area (TPSA) is 69.9 Å². The minimum atomic E-state index is -0.360. The zero-order valence-electron chi connectivity index (χ0n) is 16.8. The third-order valence-electron chi connectivity index (χ3n) is 5.62. The highest BCUT2D eigenvalue weighted by atomic mass is 16.7. The van der Waals surface area contributed by atoms with E-state index in [-0.39, 0.29) is 5.79 Å². The summed E-state index contributed by atoms with van der Waals surface area (Å²) in [6.45, 7) is 4.36. The average Bonchev–Trinajstić information content (AvgIpc) is 3.45. The van der Waals surface area contributed by atoms with E-state index in [9.17, 15) is 0 Å². The van der Waals surface area contributed by atoms with Gasteiger partial charge in [0, 0.05) is 31.5 Å². The van der Waals surface area contributed by atoms with Crippen LogP contribution in [0, 0.1) is 0 Å². The lowest BCUT2D eigenvalue weighted by Gasteiger charge is -2.36. The van der Waals surface area contributed by atoms with Crippen LogP contribution in [0.2, 0.25) is 0 Å². The summed E-state index contributed by atoms with van der Waals surface area (Å²) in [6.07, 6.45) is 1.75. The maximum Gasteiger partial charge on any atom is 0.241 e. The third-order valence-corrected chi connectivity index (χ3v) is 5.62. The normalized spacial score (nSPS) is 18.7. The SMILES string of the molecule is c1ccc(COc2ccc(-c3noc(CN4CCC5(CC4)OCCO5)n3)cc2)cc1. The summed E-state index contributed by atoms with van der Waals surface area (Å²) in [5.74, 6) is 1.67. The Bertz CT molecular complexity index is 942. The number of likely N-dealkylation sites (tertiary alicyclic amines) is 1. The van der Waals surface area contributed by atoms with Crippen LogP contribution in [-0.4, -0.2) is 47.1 Å². The summed E-state index contributed by atoms with van der Waals surface area (Å²) in [5, 5.41) is 4.14. The van der Waals surface area contributed by atoms with E-state index in [1.54, 1.807) is 0 Å². The van der Waals surface area contributed by atoms with E-state index in [4.69, 9.17) is 18.7 Å². The molecule has 0 aliphatic carbocycles. The molecule has 156 valence electrons. The molecule has 30 heavy (non-hydrogen) atoms. The molecule has 2 aliphatic rings. The molecule has 2 aromatic carbocycles.